The molecule has 2 aliphatic rings. The zero-order chi connectivity index (χ0) is 30.9. The second kappa shape index (κ2) is 9.94. The van der Waals surface area contributed by atoms with E-state index < -0.39 is 10.0 Å². The minimum atomic E-state index is -3.60. The Kier molecular flexibility index (Phi) is 6.68. The van der Waals surface area contributed by atoms with Gasteiger partial charge < -0.3 is 14.6 Å². The molecule has 1 saturated carbocycles. The van der Waals surface area contributed by atoms with Crippen molar-refractivity contribution in [2.45, 2.75) is 64.8 Å². The fourth-order valence-electron chi connectivity index (χ4n) is 6.16. The highest BCUT2D eigenvalue weighted by molar-refractivity contribution is 7.92. The average molecular weight is 604 g/mol. The molecular weight excluding hydrogens is 566 g/mol. The fraction of sp³-hybridized carbons (Fsp3) is 0.419. The fourth-order valence-corrected chi connectivity index (χ4v) is 6.71. The number of carbonyl (C=O) groups is 1. The number of rotatable bonds is 7. The number of aromatic nitrogens is 5. The topological polar surface area (TPSA) is 133 Å². The first-order chi connectivity index (χ1) is 20.2. The molecule has 11 nitrogen and oxygen atoms in total. The maximum Gasteiger partial charge on any atom is 0.255 e. The van der Waals surface area contributed by atoms with Crippen LogP contribution in [0.2, 0.25) is 0 Å². The van der Waals surface area contributed by atoms with E-state index in [0.717, 1.165) is 59.5 Å². The summed E-state index contributed by atoms with van der Waals surface area (Å²) < 4.78 is 36.3. The molecule has 1 aliphatic carbocycles. The number of nitrogens with one attached hydrogen (secondary N) is 2. The van der Waals surface area contributed by atoms with E-state index in [2.05, 4.69) is 36.8 Å². The summed E-state index contributed by atoms with van der Waals surface area (Å²) in [4.78, 5) is 18.3. The van der Waals surface area contributed by atoms with Crippen LogP contribution in [0.3, 0.4) is 0 Å². The summed E-state index contributed by atoms with van der Waals surface area (Å²) in [5, 5.41) is 11.8. The lowest BCUT2D eigenvalue weighted by atomic mass is 9.86. The van der Waals surface area contributed by atoms with Gasteiger partial charge in [-0.1, -0.05) is 39.0 Å². The normalized spacial score (nSPS) is 19.4. The Morgan fingerprint density at radius 3 is 2.53 bits per heavy atom. The molecule has 43 heavy (non-hydrogen) atoms. The number of fused-ring (bicyclic) bond motifs is 2. The van der Waals surface area contributed by atoms with Gasteiger partial charge in [0.25, 0.3) is 5.91 Å². The number of imidazole rings is 1. The van der Waals surface area contributed by atoms with Gasteiger partial charge in [0.2, 0.25) is 10.0 Å². The van der Waals surface area contributed by atoms with Gasteiger partial charge in [-0.05, 0) is 66.5 Å². The molecule has 2 aromatic heterocycles. The molecule has 12 heteroatoms. The van der Waals surface area contributed by atoms with Gasteiger partial charge in [-0.3, -0.25) is 9.52 Å². The van der Waals surface area contributed by atoms with E-state index in [4.69, 9.17) is 4.74 Å². The largest absolute Gasteiger partial charge is 0.492 e. The zero-order valence-corrected chi connectivity index (χ0v) is 26.3. The average Bonchev–Trinajstić information content (AvgIpc) is 3.33. The first kappa shape index (κ1) is 28.9. The van der Waals surface area contributed by atoms with Gasteiger partial charge >= 0.3 is 0 Å². The van der Waals surface area contributed by atoms with E-state index in [9.17, 15) is 13.2 Å². The second-order valence-electron chi connectivity index (χ2n) is 12.8. The Morgan fingerprint density at radius 1 is 1.16 bits per heavy atom. The van der Waals surface area contributed by atoms with Crippen LogP contribution >= 0.6 is 0 Å². The molecule has 2 atom stereocenters. The SMILES string of the molecule is COc1c(NC(=O)c2ccc(C)c(-n3cc(-c4cnc5n4C4(CC5)CC4C)nn3)c2)cc(C(C)(C)C)cc1NS(C)(=O)=O. The number of nitrogens with zero attached hydrogens (tertiary/aromatic N) is 5. The predicted molar refractivity (Wildman–Crippen MR) is 166 cm³/mol. The summed E-state index contributed by atoms with van der Waals surface area (Å²) in [5.74, 6) is 1.56. The molecule has 4 aromatic rings. The first-order valence-electron chi connectivity index (χ1n) is 14.3. The van der Waals surface area contributed by atoms with Crippen LogP contribution in [0.25, 0.3) is 17.1 Å². The smallest absolute Gasteiger partial charge is 0.255 e. The van der Waals surface area contributed by atoms with Crippen LogP contribution in [0.1, 0.15) is 67.8 Å². The summed E-state index contributed by atoms with van der Waals surface area (Å²) in [5.41, 5.74) is 5.01. The minimum absolute atomic E-state index is 0.154. The Balaban J connectivity index is 1.32. The molecule has 2 N–H and O–H groups in total. The van der Waals surface area contributed by atoms with Gasteiger partial charge in [0, 0.05) is 17.5 Å². The van der Waals surface area contributed by atoms with Crippen molar-refractivity contribution in [3.05, 3.63) is 65.2 Å². The molecule has 0 radical (unpaired) electrons. The number of amides is 1. The lowest BCUT2D eigenvalue weighted by Gasteiger charge is -2.24. The van der Waals surface area contributed by atoms with Gasteiger partial charge in [-0.25, -0.2) is 18.1 Å². The van der Waals surface area contributed by atoms with Crippen LogP contribution in [0.4, 0.5) is 11.4 Å². The van der Waals surface area contributed by atoms with Crippen molar-refractivity contribution >= 4 is 27.3 Å². The summed E-state index contributed by atoms with van der Waals surface area (Å²) >= 11 is 0. The van der Waals surface area contributed by atoms with Crippen molar-refractivity contribution in [1.29, 1.82) is 0 Å². The van der Waals surface area contributed by atoms with Gasteiger partial charge in [0.05, 0.1) is 48.5 Å². The van der Waals surface area contributed by atoms with E-state index in [-0.39, 0.29) is 28.3 Å². The van der Waals surface area contributed by atoms with Gasteiger partial charge in [0.15, 0.2) is 5.75 Å². The number of aryl methyl sites for hydroxylation is 2. The number of carbonyl (C=O) groups excluding carboxylic acids is 1. The molecular formula is C31H37N7O4S. The summed E-state index contributed by atoms with van der Waals surface area (Å²) in [7, 11) is -2.16. The molecule has 1 amide bonds. The Bertz CT molecular complexity index is 1870. The van der Waals surface area contributed by atoms with Gasteiger partial charge in [-0.2, -0.15) is 0 Å². The highest BCUT2D eigenvalue weighted by atomic mass is 32.2. The number of hydrogen-bond donors (Lipinski definition) is 2. The number of benzene rings is 2. The van der Waals surface area contributed by atoms with Crippen molar-refractivity contribution in [1.82, 2.24) is 24.5 Å². The third kappa shape index (κ3) is 5.17. The van der Waals surface area contributed by atoms with Crippen molar-refractivity contribution < 1.29 is 17.9 Å². The van der Waals surface area contributed by atoms with Crippen LogP contribution in [0.15, 0.2) is 42.7 Å². The lowest BCUT2D eigenvalue weighted by Crippen LogP contribution is -2.18. The molecule has 1 aliphatic heterocycles. The van der Waals surface area contributed by atoms with E-state index in [1.807, 2.05) is 46.2 Å². The summed E-state index contributed by atoms with van der Waals surface area (Å²) in [6, 6.07) is 8.90. The number of ether oxygens (including phenoxy) is 1. The number of hydrogen-bond acceptors (Lipinski definition) is 7. The van der Waals surface area contributed by atoms with Crippen LogP contribution < -0.4 is 14.8 Å². The zero-order valence-electron chi connectivity index (χ0n) is 25.5. The van der Waals surface area contributed by atoms with Crippen molar-refractivity contribution in [2.75, 3.05) is 23.4 Å². The maximum atomic E-state index is 13.6. The molecule has 3 heterocycles. The molecule has 6 rings (SSSR count). The van der Waals surface area contributed by atoms with Gasteiger partial charge in [-0.15, -0.1) is 5.10 Å². The number of methoxy groups -OCH3 is 1. The van der Waals surface area contributed by atoms with Crippen LogP contribution in [-0.2, 0) is 27.4 Å². The van der Waals surface area contributed by atoms with Crippen LogP contribution in [0.5, 0.6) is 5.75 Å². The van der Waals surface area contributed by atoms with E-state index in [1.165, 1.54) is 7.11 Å². The first-order valence-corrected chi connectivity index (χ1v) is 16.2. The highest BCUT2D eigenvalue weighted by Gasteiger charge is 2.57. The van der Waals surface area contributed by atoms with Crippen molar-refractivity contribution in [3.63, 3.8) is 0 Å². The van der Waals surface area contributed by atoms with Crippen molar-refractivity contribution in [2.24, 2.45) is 5.92 Å². The van der Waals surface area contributed by atoms with Crippen LogP contribution in [-0.4, -0.2) is 52.2 Å². The van der Waals surface area contributed by atoms with Crippen LogP contribution in [0, 0.1) is 12.8 Å². The maximum absolute atomic E-state index is 13.6. The standard InChI is InChI=1S/C31H37N7O4S/c1-18-8-9-20(29(39)33-22-13-21(30(3,4)5)14-23(28(22)42-6)35-43(7,40)41)12-25(18)37-17-24(34-36-37)26-16-32-27-10-11-31(38(26)27)15-19(31)2/h8-9,12-14,16-17,19,35H,10-11,15H2,1-7H3,(H,33,39). The number of anilines is 2. The summed E-state index contributed by atoms with van der Waals surface area (Å²) in [6.07, 6.45) is 8.09. The molecule has 0 bridgehead atoms. The highest BCUT2D eigenvalue weighted by Crippen LogP contribution is 2.58. The molecule has 0 saturated heterocycles. The van der Waals surface area contributed by atoms with Crippen molar-refractivity contribution in [3.8, 4) is 22.8 Å². The van der Waals surface area contributed by atoms with Gasteiger partial charge in [0.1, 0.15) is 11.5 Å². The molecule has 1 fully saturated rings. The molecule has 2 aromatic carbocycles. The monoisotopic (exact) mass is 603 g/mol. The Hall–Kier alpha value is -4.19. The minimum Gasteiger partial charge on any atom is -0.492 e. The molecule has 226 valence electrons. The third-order valence-corrected chi connectivity index (χ3v) is 9.25. The van der Waals surface area contributed by atoms with E-state index >= 15 is 0 Å². The van der Waals surface area contributed by atoms with E-state index in [0.29, 0.717) is 17.2 Å². The number of sulfonamides is 1. The van der Waals surface area contributed by atoms with E-state index in [1.54, 1.807) is 28.9 Å². The third-order valence-electron chi connectivity index (χ3n) is 8.66. The lowest BCUT2D eigenvalue weighted by molar-refractivity contribution is 0.102. The Labute approximate surface area is 251 Å². The quantitative estimate of drug-likeness (QED) is 0.302. The summed E-state index contributed by atoms with van der Waals surface area (Å²) in [6.45, 7) is 10.3. The molecule has 2 unspecified atom stereocenters. The Morgan fingerprint density at radius 2 is 1.88 bits per heavy atom. The molecule has 1 spiro atoms. The predicted octanol–water partition coefficient (Wildman–Crippen LogP) is 5.05. The second-order valence-corrected chi connectivity index (χ2v) is 14.6.